The van der Waals surface area contributed by atoms with E-state index in [2.05, 4.69) is 22.1 Å². The largest absolute Gasteiger partial charge is 0.352 e. The number of aliphatic imine (C=N–C) groups is 1. The maximum absolute atomic E-state index is 13.1. The maximum Gasteiger partial charge on any atom is 0.193 e. The van der Waals surface area contributed by atoms with Crippen molar-refractivity contribution < 1.29 is 4.39 Å². The molecule has 0 bridgehead atoms. The van der Waals surface area contributed by atoms with Gasteiger partial charge in [-0.15, -0.1) is 0 Å². The van der Waals surface area contributed by atoms with Crippen LogP contribution in [0.3, 0.4) is 0 Å². The lowest BCUT2D eigenvalue weighted by molar-refractivity contribution is 0.273. The standard InChI is InChI=1S/C15H22FN3/c1-12-6-8-19(9-7-12)15(17-2)18-11-13-4-3-5-14(16)10-13/h3-5,10,12H,6-9,11H2,1-2H3,(H,17,18). The van der Waals surface area contributed by atoms with Crippen molar-refractivity contribution in [3.05, 3.63) is 35.6 Å². The number of guanidine groups is 1. The lowest BCUT2D eigenvalue weighted by Crippen LogP contribution is -2.45. The average Bonchev–Trinajstić information content (AvgIpc) is 2.41. The number of likely N-dealkylation sites (tertiary alicyclic amines) is 1. The quantitative estimate of drug-likeness (QED) is 0.656. The number of hydrogen-bond acceptors (Lipinski definition) is 1. The number of benzene rings is 1. The van der Waals surface area contributed by atoms with Crippen LogP contribution in [0.1, 0.15) is 25.3 Å². The minimum atomic E-state index is -0.193. The van der Waals surface area contributed by atoms with Crippen LogP contribution in [0.5, 0.6) is 0 Å². The molecule has 4 heteroatoms. The molecule has 1 aromatic carbocycles. The zero-order chi connectivity index (χ0) is 13.7. The first kappa shape index (κ1) is 13.8. The second kappa shape index (κ2) is 6.55. The molecule has 1 fully saturated rings. The van der Waals surface area contributed by atoms with Gasteiger partial charge in [-0.25, -0.2) is 4.39 Å². The normalized spacial score (nSPS) is 17.6. The second-order valence-corrected chi connectivity index (χ2v) is 5.20. The Morgan fingerprint density at radius 1 is 1.42 bits per heavy atom. The molecule has 1 aliphatic rings. The highest BCUT2D eigenvalue weighted by Gasteiger charge is 2.18. The molecule has 1 aliphatic heterocycles. The van der Waals surface area contributed by atoms with Gasteiger partial charge in [-0.1, -0.05) is 19.1 Å². The Balaban J connectivity index is 1.89. The van der Waals surface area contributed by atoms with Gasteiger partial charge in [0.15, 0.2) is 5.96 Å². The number of piperidine rings is 1. The Kier molecular flexibility index (Phi) is 4.77. The zero-order valence-corrected chi connectivity index (χ0v) is 11.7. The summed E-state index contributed by atoms with van der Waals surface area (Å²) in [5.41, 5.74) is 0.937. The Morgan fingerprint density at radius 2 is 2.16 bits per heavy atom. The minimum absolute atomic E-state index is 0.193. The highest BCUT2D eigenvalue weighted by molar-refractivity contribution is 5.79. The van der Waals surface area contributed by atoms with Crippen LogP contribution in [-0.2, 0) is 6.54 Å². The van der Waals surface area contributed by atoms with Crippen LogP contribution in [0.25, 0.3) is 0 Å². The fourth-order valence-corrected chi connectivity index (χ4v) is 2.38. The first-order valence-electron chi connectivity index (χ1n) is 6.89. The number of nitrogens with zero attached hydrogens (tertiary/aromatic N) is 2. The number of halogens is 1. The molecule has 1 heterocycles. The van der Waals surface area contributed by atoms with E-state index in [1.807, 2.05) is 6.07 Å². The van der Waals surface area contributed by atoms with Crippen LogP contribution < -0.4 is 5.32 Å². The lowest BCUT2D eigenvalue weighted by atomic mass is 10.00. The molecule has 19 heavy (non-hydrogen) atoms. The molecule has 3 nitrogen and oxygen atoms in total. The summed E-state index contributed by atoms with van der Waals surface area (Å²) in [5.74, 6) is 1.52. The monoisotopic (exact) mass is 263 g/mol. The van der Waals surface area contributed by atoms with Crippen LogP contribution in [0, 0.1) is 11.7 Å². The molecule has 0 aliphatic carbocycles. The third-order valence-corrected chi connectivity index (χ3v) is 3.63. The van der Waals surface area contributed by atoms with E-state index in [4.69, 9.17) is 0 Å². The average molecular weight is 263 g/mol. The van der Waals surface area contributed by atoms with Gasteiger partial charge >= 0.3 is 0 Å². The Bertz CT molecular complexity index is 437. The van der Waals surface area contributed by atoms with Gasteiger partial charge in [-0.05, 0) is 36.5 Å². The van der Waals surface area contributed by atoms with Gasteiger partial charge in [0.05, 0.1) is 0 Å². The fourth-order valence-electron chi connectivity index (χ4n) is 2.38. The van der Waals surface area contributed by atoms with Crippen molar-refractivity contribution in [1.82, 2.24) is 10.2 Å². The summed E-state index contributed by atoms with van der Waals surface area (Å²) in [6.07, 6.45) is 2.42. The van der Waals surface area contributed by atoms with Crippen molar-refractivity contribution in [3.63, 3.8) is 0 Å². The van der Waals surface area contributed by atoms with E-state index in [9.17, 15) is 4.39 Å². The molecule has 1 aromatic rings. The molecule has 0 amide bonds. The number of rotatable bonds is 2. The van der Waals surface area contributed by atoms with Gasteiger partial charge in [0.1, 0.15) is 5.82 Å². The summed E-state index contributed by atoms with van der Waals surface area (Å²) in [4.78, 5) is 6.59. The van der Waals surface area contributed by atoms with Crippen molar-refractivity contribution in [2.24, 2.45) is 10.9 Å². The van der Waals surface area contributed by atoms with Crippen molar-refractivity contribution >= 4 is 5.96 Å². The molecule has 0 radical (unpaired) electrons. The van der Waals surface area contributed by atoms with Gasteiger partial charge in [0, 0.05) is 26.7 Å². The Labute approximate surface area is 114 Å². The van der Waals surface area contributed by atoms with Crippen LogP contribution in [-0.4, -0.2) is 31.0 Å². The molecule has 0 spiro atoms. The maximum atomic E-state index is 13.1. The molecular weight excluding hydrogens is 241 g/mol. The van der Waals surface area contributed by atoms with E-state index < -0.39 is 0 Å². The molecule has 104 valence electrons. The topological polar surface area (TPSA) is 27.6 Å². The molecule has 0 unspecified atom stereocenters. The molecule has 0 saturated carbocycles. The summed E-state index contributed by atoms with van der Waals surface area (Å²) in [6.45, 7) is 4.99. The highest BCUT2D eigenvalue weighted by Crippen LogP contribution is 2.16. The molecule has 1 saturated heterocycles. The molecule has 2 rings (SSSR count). The molecule has 0 atom stereocenters. The number of nitrogens with one attached hydrogen (secondary N) is 1. The van der Waals surface area contributed by atoms with Crippen LogP contribution in [0.2, 0.25) is 0 Å². The number of hydrogen-bond donors (Lipinski definition) is 1. The van der Waals surface area contributed by atoms with E-state index in [0.717, 1.165) is 30.5 Å². The molecule has 0 aromatic heterocycles. The van der Waals surface area contributed by atoms with Gasteiger partial charge in [0.2, 0.25) is 0 Å². The minimum Gasteiger partial charge on any atom is -0.352 e. The summed E-state index contributed by atoms with van der Waals surface area (Å²) in [7, 11) is 1.80. The van der Waals surface area contributed by atoms with Gasteiger partial charge in [0.25, 0.3) is 0 Å². The Morgan fingerprint density at radius 3 is 2.79 bits per heavy atom. The highest BCUT2D eigenvalue weighted by atomic mass is 19.1. The first-order valence-corrected chi connectivity index (χ1v) is 6.89. The van der Waals surface area contributed by atoms with E-state index in [1.54, 1.807) is 19.2 Å². The predicted molar refractivity (Wildman–Crippen MR) is 76.6 cm³/mol. The third kappa shape index (κ3) is 3.94. The Hall–Kier alpha value is -1.58. The molecular formula is C15H22FN3. The van der Waals surface area contributed by atoms with Gasteiger partial charge in [-0.3, -0.25) is 4.99 Å². The van der Waals surface area contributed by atoms with Crippen molar-refractivity contribution in [2.75, 3.05) is 20.1 Å². The predicted octanol–water partition coefficient (Wildman–Crippen LogP) is 2.63. The van der Waals surface area contributed by atoms with E-state index in [0.29, 0.717) is 6.54 Å². The van der Waals surface area contributed by atoms with Crippen LogP contribution >= 0.6 is 0 Å². The first-order chi connectivity index (χ1) is 9.19. The van der Waals surface area contributed by atoms with E-state index >= 15 is 0 Å². The van der Waals surface area contributed by atoms with Crippen LogP contribution in [0.4, 0.5) is 4.39 Å². The van der Waals surface area contributed by atoms with Gasteiger partial charge < -0.3 is 10.2 Å². The smallest absolute Gasteiger partial charge is 0.193 e. The van der Waals surface area contributed by atoms with Crippen LogP contribution in [0.15, 0.2) is 29.3 Å². The van der Waals surface area contributed by atoms with Crippen molar-refractivity contribution in [1.29, 1.82) is 0 Å². The summed E-state index contributed by atoms with van der Waals surface area (Å²) in [6, 6.07) is 6.67. The summed E-state index contributed by atoms with van der Waals surface area (Å²) < 4.78 is 13.1. The lowest BCUT2D eigenvalue weighted by Gasteiger charge is -2.32. The second-order valence-electron chi connectivity index (χ2n) is 5.20. The summed E-state index contributed by atoms with van der Waals surface area (Å²) >= 11 is 0. The SMILES string of the molecule is CN=C(NCc1cccc(F)c1)N1CCC(C)CC1. The van der Waals surface area contributed by atoms with E-state index in [1.165, 1.54) is 18.9 Å². The summed E-state index contributed by atoms with van der Waals surface area (Å²) in [5, 5.41) is 3.31. The fraction of sp³-hybridized carbons (Fsp3) is 0.533. The van der Waals surface area contributed by atoms with E-state index in [-0.39, 0.29) is 5.82 Å². The zero-order valence-electron chi connectivity index (χ0n) is 11.7. The third-order valence-electron chi connectivity index (χ3n) is 3.63. The van der Waals surface area contributed by atoms with Crippen molar-refractivity contribution in [3.8, 4) is 0 Å². The molecule has 1 N–H and O–H groups in total. The van der Waals surface area contributed by atoms with Gasteiger partial charge in [-0.2, -0.15) is 0 Å². The van der Waals surface area contributed by atoms with Crippen molar-refractivity contribution in [2.45, 2.75) is 26.3 Å².